The number of aromatic nitrogens is 2. The van der Waals surface area contributed by atoms with Crippen LogP contribution in [-0.4, -0.2) is 56.8 Å². The van der Waals surface area contributed by atoms with Crippen molar-refractivity contribution in [2.45, 2.75) is 76.5 Å². The van der Waals surface area contributed by atoms with E-state index < -0.39 is 0 Å². The van der Waals surface area contributed by atoms with Crippen molar-refractivity contribution in [1.29, 1.82) is 0 Å². The maximum atomic E-state index is 13.0. The number of carbonyl (C=O) groups is 1. The molecule has 3 atom stereocenters. The lowest BCUT2D eigenvalue weighted by atomic mass is 9.93. The lowest BCUT2D eigenvalue weighted by Crippen LogP contribution is -2.47. The monoisotopic (exact) mass is 345 g/mol. The van der Waals surface area contributed by atoms with E-state index in [2.05, 4.69) is 34.1 Å². The number of nitrogens with zero attached hydrogens (tertiary/aromatic N) is 4. The zero-order valence-corrected chi connectivity index (χ0v) is 15.7. The number of amides is 2. The molecule has 2 saturated heterocycles. The summed E-state index contributed by atoms with van der Waals surface area (Å²) in [5, 5.41) is 7.69. The molecular weight excluding hydrogens is 314 g/mol. The van der Waals surface area contributed by atoms with Crippen LogP contribution in [-0.2, 0) is 13.5 Å². The van der Waals surface area contributed by atoms with E-state index in [-0.39, 0.29) is 12.1 Å². The number of fused-ring (bicyclic) bond motifs is 3. The minimum atomic E-state index is 0.109. The van der Waals surface area contributed by atoms with Gasteiger partial charge in [0, 0.05) is 49.5 Å². The molecule has 3 aliphatic rings. The number of urea groups is 1. The smallest absolute Gasteiger partial charge is 0.317 e. The summed E-state index contributed by atoms with van der Waals surface area (Å²) in [4.78, 5) is 17.7. The van der Waals surface area contributed by atoms with E-state index in [0.29, 0.717) is 18.1 Å². The third kappa shape index (κ3) is 3.05. The Balaban J connectivity index is 1.44. The van der Waals surface area contributed by atoms with Crippen molar-refractivity contribution in [3.8, 4) is 0 Å². The van der Waals surface area contributed by atoms with E-state index in [1.807, 2.05) is 17.9 Å². The molecule has 0 spiro atoms. The van der Waals surface area contributed by atoms with Gasteiger partial charge in [-0.3, -0.25) is 9.58 Å². The lowest BCUT2D eigenvalue weighted by Gasteiger charge is -2.32. The van der Waals surface area contributed by atoms with Crippen molar-refractivity contribution in [3.63, 3.8) is 0 Å². The standard InChI is InChI=1S/C19H31N5O/c1-13(2)24-14-7-8-15(24)12-23(10-9-14)19(25)21-17-5-4-6-18-16(17)11-20-22(18)3/h11,13-15,17H,4-10,12H2,1-3H3,(H,21,25)/t14-,15-,17-/m0/s1. The molecule has 0 saturated carbocycles. The molecule has 2 aliphatic heterocycles. The normalized spacial score (nSPS) is 29.6. The van der Waals surface area contributed by atoms with Crippen LogP contribution in [0.25, 0.3) is 0 Å². The molecule has 1 N–H and O–H groups in total. The average Bonchev–Trinajstić information content (AvgIpc) is 3.08. The van der Waals surface area contributed by atoms with Crippen molar-refractivity contribution in [1.82, 2.24) is 24.9 Å². The van der Waals surface area contributed by atoms with Crippen LogP contribution in [0.15, 0.2) is 6.20 Å². The fourth-order valence-electron chi connectivity index (χ4n) is 5.23. The molecular formula is C19H31N5O. The minimum Gasteiger partial charge on any atom is -0.331 e. The van der Waals surface area contributed by atoms with Gasteiger partial charge >= 0.3 is 6.03 Å². The third-order valence-electron chi connectivity index (χ3n) is 6.40. The molecule has 25 heavy (non-hydrogen) atoms. The second-order valence-electron chi connectivity index (χ2n) is 8.23. The highest BCUT2D eigenvalue weighted by atomic mass is 16.2. The molecule has 138 valence electrons. The van der Waals surface area contributed by atoms with Gasteiger partial charge in [0.1, 0.15) is 0 Å². The van der Waals surface area contributed by atoms with Crippen molar-refractivity contribution in [2.24, 2.45) is 7.05 Å². The number of rotatable bonds is 2. The van der Waals surface area contributed by atoms with Gasteiger partial charge in [-0.1, -0.05) is 0 Å². The second-order valence-corrected chi connectivity index (χ2v) is 8.23. The van der Waals surface area contributed by atoms with Gasteiger partial charge in [-0.25, -0.2) is 4.79 Å². The maximum Gasteiger partial charge on any atom is 0.317 e. The first-order chi connectivity index (χ1) is 12.0. The molecule has 0 radical (unpaired) electrons. The molecule has 4 rings (SSSR count). The Morgan fingerprint density at radius 1 is 1.24 bits per heavy atom. The molecule has 3 heterocycles. The molecule has 2 amide bonds. The van der Waals surface area contributed by atoms with Crippen molar-refractivity contribution in [2.75, 3.05) is 13.1 Å². The summed E-state index contributed by atoms with van der Waals surface area (Å²) in [6.07, 6.45) is 8.75. The van der Waals surface area contributed by atoms with E-state index in [1.54, 1.807) is 0 Å². The van der Waals surface area contributed by atoms with Gasteiger partial charge < -0.3 is 10.2 Å². The number of carbonyl (C=O) groups excluding carboxylic acids is 1. The summed E-state index contributed by atoms with van der Waals surface area (Å²) in [6.45, 7) is 6.32. The van der Waals surface area contributed by atoms with Gasteiger partial charge in [0.25, 0.3) is 0 Å². The van der Waals surface area contributed by atoms with Gasteiger partial charge in [-0.2, -0.15) is 5.10 Å². The Bertz CT molecular complexity index is 640. The zero-order chi connectivity index (χ0) is 17.6. The average molecular weight is 345 g/mol. The molecule has 2 bridgehead atoms. The van der Waals surface area contributed by atoms with Crippen LogP contribution in [0.4, 0.5) is 4.79 Å². The van der Waals surface area contributed by atoms with Crippen LogP contribution < -0.4 is 5.32 Å². The van der Waals surface area contributed by atoms with Gasteiger partial charge in [0.05, 0.1) is 12.2 Å². The lowest BCUT2D eigenvalue weighted by molar-refractivity contribution is 0.146. The predicted molar refractivity (Wildman–Crippen MR) is 97.4 cm³/mol. The SMILES string of the molecule is CC(C)N1[C@H]2CC[C@H]1CN(C(=O)N[C@H]1CCCc3c1cnn3C)CC2. The molecule has 6 nitrogen and oxygen atoms in total. The van der Waals surface area contributed by atoms with Crippen LogP contribution in [0.5, 0.6) is 0 Å². The largest absolute Gasteiger partial charge is 0.331 e. The minimum absolute atomic E-state index is 0.109. The van der Waals surface area contributed by atoms with E-state index >= 15 is 0 Å². The predicted octanol–water partition coefficient (Wildman–Crippen LogP) is 2.45. The van der Waals surface area contributed by atoms with E-state index in [4.69, 9.17) is 0 Å². The topological polar surface area (TPSA) is 53.4 Å². The highest BCUT2D eigenvalue weighted by molar-refractivity contribution is 5.75. The molecule has 1 aliphatic carbocycles. The molecule has 1 aromatic heterocycles. The first-order valence-electron chi connectivity index (χ1n) is 9.88. The van der Waals surface area contributed by atoms with Gasteiger partial charge in [0.15, 0.2) is 0 Å². The molecule has 0 unspecified atom stereocenters. The summed E-state index contributed by atoms with van der Waals surface area (Å²) in [6, 6.07) is 1.97. The summed E-state index contributed by atoms with van der Waals surface area (Å²) in [5.74, 6) is 0. The molecule has 0 aromatic carbocycles. The molecule has 6 heteroatoms. The number of nitrogens with one attached hydrogen (secondary N) is 1. The Morgan fingerprint density at radius 3 is 2.84 bits per heavy atom. The quantitative estimate of drug-likeness (QED) is 0.896. The van der Waals surface area contributed by atoms with E-state index in [9.17, 15) is 4.79 Å². The first kappa shape index (κ1) is 16.9. The third-order valence-corrected chi connectivity index (χ3v) is 6.40. The second kappa shape index (κ2) is 6.63. The summed E-state index contributed by atoms with van der Waals surface area (Å²) in [7, 11) is 2.00. The number of hydrogen-bond acceptors (Lipinski definition) is 3. The van der Waals surface area contributed by atoms with Gasteiger partial charge in [0.2, 0.25) is 0 Å². The Labute approximate surface area is 150 Å². The first-order valence-corrected chi connectivity index (χ1v) is 9.88. The fraction of sp³-hybridized carbons (Fsp3) is 0.789. The highest BCUT2D eigenvalue weighted by Gasteiger charge is 2.39. The van der Waals surface area contributed by atoms with Crippen molar-refractivity contribution in [3.05, 3.63) is 17.5 Å². The Morgan fingerprint density at radius 2 is 2.04 bits per heavy atom. The van der Waals surface area contributed by atoms with E-state index in [0.717, 1.165) is 38.8 Å². The fourth-order valence-corrected chi connectivity index (χ4v) is 5.23. The molecule has 1 aromatic rings. The van der Waals surface area contributed by atoms with Crippen LogP contribution in [0.1, 0.15) is 63.3 Å². The van der Waals surface area contributed by atoms with Crippen LogP contribution >= 0.6 is 0 Å². The summed E-state index contributed by atoms with van der Waals surface area (Å²) in [5.41, 5.74) is 2.49. The van der Waals surface area contributed by atoms with Crippen LogP contribution in [0.2, 0.25) is 0 Å². The summed E-state index contributed by atoms with van der Waals surface area (Å²) >= 11 is 0. The highest BCUT2D eigenvalue weighted by Crippen LogP contribution is 2.33. The van der Waals surface area contributed by atoms with Crippen molar-refractivity contribution >= 4 is 6.03 Å². The molecule has 2 fully saturated rings. The van der Waals surface area contributed by atoms with Crippen LogP contribution in [0.3, 0.4) is 0 Å². The Kier molecular flexibility index (Phi) is 4.48. The van der Waals surface area contributed by atoms with Crippen LogP contribution in [0, 0.1) is 0 Å². The Hall–Kier alpha value is -1.56. The zero-order valence-electron chi connectivity index (χ0n) is 15.7. The number of likely N-dealkylation sites (tertiary alicyclic amines) is 1. The maximum absolute atomic E-state index is 13.0. The van der Waals surface area contributed by atoms with Gasteiger partial charge in [-0.05, 0) is 52.4 Å². The summed E-state index contributed by atoms with van der Waals surface area (Å²) < 4.78 is 1.96. The van der Waals surface area contributed by atoms with Gasteiger partial charge in [-0.15, -0.1) is 0 Å². The van der Waals surface area contributed by atoms with E-state index in [1.165, 1.54) is 24.1 Å². The number of aryl methyl sites for hydroxylation is 1. The van der Waals surface area contributed by atoms with Crippen molar-refractivity contribution < 1.29 is 4.79 Å². The number of hydrogen-bond donors (Lipinski definition) is 1.